The highest BCUT2D eigenvalue weighted by Crippen LogP contribution is 2.51. The van der Waals surface area contributed by atoms with Crippen LogP contribution in [0.3, 0.4) is 0 Å². The van der Waals surface area contributed by atoms with Gasteiger partial charge in [-0.15, -0.1) is 11.3 Å². The summed E-state index contributed by atoms with van der Waals surface area (Å²) in [6.07, 6.45) is 5.38. The molecular formula is C40H44N8O5S. The summed E-state index contributed by atoms with van der Waals surface area (Å²) in [5, 5.41) is 7.41. The lowest BCUT2D eigenvalue weighted by atomic mass is 9.60. The highest BCUT2D eigenvalue weighted by molar-refractivity contribution is 7.21. The van der Waals surface area contributed by atoms with Crippen molar-refractivity contribution in [3.05, 3.63) is 57.8 Å². The Morgan fingerprint density at radius 3 is 2.48 bits per heavy atom. The van der Waals surface area contributed by atoms with Gasteiger partial charge in [0.05, 0.1) is 22.6 Å². The lowest BCUT2D eigenvalue weighted by molar-refractivity contribution is -0.135. The van der Waals surface area contributed by atoms with Crippen LogP contribution in [-0.4, -0.2) is 94.7 Å². The number of nitrogens with one attached hydrogen (secondary N) is 2. The van der Waals surface area contributed by atoms with Crippen molar-refractivity contribution in [3.63, 3.8) is 0 Å². The number of hydrogen-bond acceptors (Lipinski definition) is 10. The standard InChI is InChI=1S/C40H44N8O5S/c1-23-22-53-35-34-26-4-9-32(42-27(26)5-8-31(34)54-36(35)38(51)41-23)47-17-15-46(16-18-47)25-20-40(21-25)11-13-45(14-12-40)24-3-6-28-30(19-24)44(2)39(52)48(28)29-7-10-33(49)43-37(29)50/h3-6,8-9,19,23,25,29H,7,10-18,20-22H2,1-2H3,(H,41,51)(H,43,49,50)/t23-,29?/m1/s1. The zero-order chi connectivity index (χ0) is 36.9. The zero-order valence-electron chi connectivity index (χ0n) is 30.6. The molecule has 5 aliphatic rings. The molecule has 7 heterocycles. The first-order valence-electron chi connectivity index (χ1n) is 19.2. The maximum absolute atomic E-state index is 13.3. The van der Waals surface area contributed by atoms with Crippen molar-refractivity contribution in [1.29, 1.82) is 0 Å². The maximum atomic E-state index is 13.3. The number of imidazole rings is 1. The number of hydrogen-bond donors (Lipinski definition) is 2. The molecule has 1 saturated carbocycles. The van der Waals surface area contributed by atoms with Crippen molar-refractivity contribution >= 4 is 72.6 Å². The van der Waals surface area contributed by atoms with Crippen molar-refractivity contribution in [2.24, 2.45) is 12.5 Å². The number of anilines is 2. The molecule has 2 aromatic carbocycles. The number of carbonyl (C=O) groups is 3. The molecule has 2 N–H and O–H groups in total. The number of benzene rings is 2. The predicted octanol–water partition coefficient (Wildman–Crippen LogP) is 4.16. The molecular weight excluding hydrogens is 705 g/mol. The molecule has 4 aliphatic heterocycles. The monoisotopic (exact) mass is 748 g/mol. The summed E-state index contributed by atoms with van der Waals surface area (Å²) < 4.78 is 10.4. The van der Waals surface area contributed by atoms with Crippen LogP contribution in [-0.2, 0) is 16.6 Å². The van der Waals surface area contributed by atoms with Crippen molar-refractivity contribution < 1.29 is 19.1 Å². The Morgan fingerprint density at radius 1 is 0.907 bits per heavy atom. The fourth-order valence-corrected chi connectivity index (χ4v) is 10.8. The van der Waals surface area contributed by atoms with E-state index in [4.69, 9.17) is 9.72 Å². The smallest absolute Gasteiger partial charge is 0.329 e. The number of carbonyl (C=O) groups excluding carboxylic acids is 3. The first-order chi connectivity index (χ1) is 26.1. The van der Waals surface area contributed by atoms with E-state index in [1.54, 1.807) is 16.2 Å². The molecule has 5 aromatic rings. The average Bonchev–Trinajstić information content (AvgIpc) is 3.62. The minimum atomic E-state index is -0.676. The molecule has 13 nitrogen and oxygen atoms in total. The summed E-state index contributed by atoms with van der Waals surface area (Å²) in [6.45, 7) is 8.33. The van der Waals surface area contributed by atoms with Crippen LogP contribution in [0.4, 0.5) is 11.5 Å². The van der Waals surface area contributed by atoms with E-state index in [1.807, 2.05) is 13.0 Å². The first kappa shape index (κ1) is 33.6. The second kappa shape index (κ2) is 12.6. The van der Waals surface area contributed by atoms with E-state index in [0.717, 1.165) is 95.6 Å². The highest BCUT2D eigenvalue weighted by Gasteiger charge is 2.48. The number of amides is 3. The number of nitrogens with zero attached hydrogens (tertiary/aromatic N) is 6. The third-order valence-electron chi connectivity index (χ3n) is 12.8. The molecule has 0 bridgehead atoms. The van der Waals surface area contributed by atoms with Gasteiger partial charge in [0.25, 0.3) is 5.91 Å². The molecule has 14 heteroatoms. The fraction of sp³-hybridized carbons (Fsp3) is 0.475. The summed E-state index contributed by atoms with van der Waals surface area (Å²) in [6, 6.07) is 14.4. The molecule has 3 aromatic heterocycles. The molecule has 0 radical (unpaired) electrons. The molecule has 10 rings (SSSR count). The van der Waals surface area contributed by atoms with Crippen LogP contribution in [0.1, 0.15) is 61.2 Å². The Kier molecular flexibility index (Phi) is 7.81. The van der Waals surface area contributed by atoms with Crippen molar-refractivity contribution in [2.45, 2.75) is 63.6 Å². The lowest BCUT2D eigenvalue weighted by Gasteiger charge is -2.56. The molecule has 54 heavy (non-hydrogen) atoms. The number of thiophene rings is 1. The molecule has 4 fully saturated rings. The quantitative estimate of drug-likeness (QED) is 0.260. The van der Waals surface area contributed by atoms with Gasteiger partial charge in [0.15, 0.2) is 5.75 Å². The Balaban J connectivity index is 0.762. The Morgan fingerprint density at radius 2 is 1.70 bits per heavy atom. The van der Waals surface area contributed by atoms with E-state index in [-0.39, 0.29) is 30.0 Å². The number of aromatic nitrogens is 3. The van der Waals surface area contributed by atoms with E-state index >= 15 is 0 Å². The van der Waals surface area contributed by atoms with Crippen molar-refractivity contribution in [2.75, 3.05) is 55.7 Å². The molecule has 280 valence electrons. The van der Waals surface area contributed by atoms with Crippen LogP contribution in [0, 0.1) is 5.41 Å². The van der Waals surface area contributed by atoms with Gasteiger partial charge >= 0.3 is 5.69 Å². The number of ether oxygens (including phenoxy) is 1. The molecule has 1 spiro atoms. The minimum Gasteiger partial charge on any atom is -0.489 e. The van der Waals surface area contributed by atoms with Gasteiger partial charge in [-0.25, -0.2) is 9.78 Å². The first-order valence-corrected chi connectivity index (χ1v) is 20.0. The summed E-state index contributed by atoms with van der Waals surface area (Å²) in [7, 11) is 1.75. The molecule has 3 saturated heterocycles. The number of piperidine rings is 2. The Hall–Kier alpha value is -4.95. The normalized spacial score (nSPS) is 23.7. The van der Waals surface area contributed by atoms with Crippen molar-refractivity contribution in [1.82, 2.24) is 29.7 Å². The van der Waals surface area contributed by atoms with Gasteiger partial charge in [-0.3, -0.25) is 33.7 Å². The van der Waals surface area contributed by atoms with Crippen LogP contribution < -0.4 is 30.9 Å². The number of piperazine rings is 1. The molecule has 2 atom stereocenters. The van der Waals surface area contributed by atoms with Crippen LogP contribution in [0.25, 0.3) is 32.0 Å². The second-order valence-corrected chi connectivity index (χ2v) is 17.1. The lowest BCUT2D eigenvalue weighted by Crippen LogP contribution is -2.59. The van der Waals surface area contributed by atoms with Gasteiger partial charge < -0.3 is 19.9 Å². The summed E-state index contributed by atoms with van der Waals surface area (Å²) in [5.74, 6) is 0.915. The number of pyridine rings is 1. The van der Waals surface area contributed by atoms with Crippen molar-refractivity contribution in [3.8, 4) is 5.75 Å². The number of fused-ring (bicyclic) bond motifs is 6. The third kappa shape index (κ3) is 5.39. The second-order valence-electron chi connectivity index (χ2n) is 16.0. The number of rotatable bonds is 4. The van der Waals surface area contributed by atoms with E-state index in [0.29, 0.717) is 35.1 Å². The van der Waals surface area contributed by atoms with Gasteiger partial charge in [0.2, 0.25) is 11.8 Å². The zero-order valence-corrected chi connectivity index (χ0v) is 31.4. The van der Waals surface area contributed by atoms with Gasteiger partial charge in [0, 0.05) is 79.9 Å². The van der Waals surface area contributed by atoms with E-state index < -0.39 is 11.9 Å². The maximum Gasteiger partial charge on any atom is 0.329 e. The van der Waals surface area contributed by atoms with E-state index in [2.05, 4.69) is 61.7 Å². The van der Waals surface area contributed by atoms with Gasteiger partial charge in [-0.2, -0.15) is 0 Å². The number of imide groups is 1. The number of aryl methyl sites for hydroxylation is 1. The summed E-state index contributed by atoms with van der Waals surface area (Å²) in [5.41, 5.74) is 3.72. The van der Waals surface area contributed by atoms with Gasteiger partial charge in [0.1, 0.15) is 23.3 Å². The Bertz CT molecular complexity index is 2430. The summed E-state index contributed by atoms with van der Waals surface area (Å²) >= 11 is 1.48. The van der Waals surface area contributed by atoms with E-state index in [9.17, 15) is 19.2 Å². The van der Waals surface area contributed by atoms with Gasteiger partial charge in [-0.05, 0) is 86.9 Å². The minimum absolute atomic E-state index is 0.0353. The average molecular weight is 749 g/mol. The molecule has 1 aliphatic carbocycles. The SMILES string of the molecule is C[C@@H]1COc2c(sc3ccc4nc(N5CCN(C6CC7(CCN(c8ccc9c(c8)n(C)c(=O)n9C8CCC(=O)NC8=O)CC7)C6)CC5)ccc4c23)C(=O)N1. The highest BCUT2D eigenvalue weighted by atomic mass is 32.1. The summed E-state index contributed by atoms with van der Waals surface area (Å²) in [4.78, 5) is 63.6. The Labute approximate surface area is 315 Å². The van der Waals surface area contributed by atoms with Crippen LogP contribution in [0.5, 0.6) is 5.75 Å². The van der Waals surface area contributed by atoms with E-state index in [1.165, 1.54) is 24.2 Å². The largest absolute Gasteiger partial charge is 0.489 e. The fourth-order valence-electron chi connectivity index (χ4n) is 9.71. The molecule has 1 unspecified atom stereocenters. The van der Waals surface area contributed by atoms with Gasteiger partial charge in [-0.1, -0.05) is 0 Å². The molecule has 3 amide bonds. The van der Waals surface area contributed by atoms with Crippen LogP contribution in [0.15, 0.2) is 47.3 Å². The third-order valence-corrected chi connectivity index (χ3v) is 13.9. The van der Waals surface area contributed by atoms with Crippen LogP contribution >= 0.6 is 11.3 Å². The predicted molar refractivity (Wildman–Crippen MR) is 209 cm³/mol. The van der Waals surface area contributed by atoms with Crippen LogP contribution in [0.2, 0.25) is 0 Å². The topological polar surface area (TPSA) is 134 Å².